The number of benzene rings is 3. The Labute approximate surface area is 266 Å². The SMILES string of the molecule is COc1ccc(NC(=O)COc2cccc([C@H]3c4sc(=O)[nH]c4SC4C3[C@H]3C[C@@H]4C4C(=O)N(c5ccccc5)C(=O)C43)c2)cc1. The lowest BCUT2D eigenvalue weighted by molar-refractivity contribution is -0.123. The Morgan fingerprint density at radius 3 is 2.44 bits per heavy atom. The topological polar surface area (TPSA) is 118 Å². The molecule has 8 rings (SSSR count). The summed E-state index contributed by atoms with van der Waals surface area (Å²) in [6.07, 6.45) is 0.815. The molecule has 4 aromatic rings. The van der Waals surface area contributed by atoms with E-state index in [1.807, 2.05) is 54.6 Å². The number of nitrogens with zero attached hydrogens (tertiary/aromatic N) is 1. The monoisotopic (exact) mass is 639 g/mol. The van der Waals surface area contributed by atoms with Crippen LogP contribution in [0.4, 0.5) is 11.4 Å². The van der Waals surface area contributed by atoms with Gasteiger partial charge in [-0.1, -0.05) is 41.7 Å². The number of thioether (sulfide) groups is 1. The van der Waals surface area contributed by atoms with Crippen LogP contribution >= 0.6 is 23.1 Å². The van der Waals surface area contributed by atoms with Crippen LogP contribution in [0.1, 0.15) is 22.8 Å². The number of hydrogen-bond donors (Lipinski definition) is 2. The molecule has 1 saturated heterocycles. The third-order valence-electron chi connectivity index (χ3n) is 9.70. The first-order chi connectivity index (χ1) is 21.9. The minimum Gasteiger partial charge on any atom is -0.497 e. The Morgan fingerprint density at radius 2 is 1.69 bits per heavy atom. The first-order valence-corrected chi connectivity index (χ1v) is 16.6. The number of rotatable bonds is 7. The Kier molecular flexibility index (Phi) is 6.83. The predicted molar refractivity (Wildman–Crippen MR) is 171 cm³/mol. The van der Waals surface area contributed by atoms with Crippen LogP contribution in [0, 0.1) is 29.6 Å². The fourth-order valence-corrected chi connectivity index (χ4v) is 10.9. The maximum absolute atomic E-state index is 13.9. The summed E-state index contributed by atoms with van der Waals surface area (Å²) in [7, 11) is 1.58. The maximum Gasteiger partial charge on any atom is 0.305 e. The normalized spacial score (nSPS) is 27.6. The second-order valence-electron chi connectivity index (χ2n) is 11.9. The number of H-pyrrole nitrogens is 1. The van der Waals surface area contributed by atoms with Crippen molar-refractivity contribution < 1.29 is 23.9 Å². The molecule has 45 heavy (non-hydrogen) atoms. The van der Waals surface area contributed by atoms with E-state index in [0.717, 1.165) is 21.9 Å². The van der Waals surface area contributed by atoms with Gasteiger partial charge in [0.1, 0.15) is 11.5 Å². The Bertz CT molecular complexity index is 1870. The number of amides is 3. The van der Waals surface area contributed by atoms with Gasteiger partial charge in [0.15, 0.2) is 6.61 Å². The van der Waals surface area contributed by atoms with E-state index >= 15 is 0 Å². The lowest BCUT2D eigenvalue weighted by atomic mass is 9.68. The molecule has 3 fully saturated rings. The summed E-state index contributed by atoms with van der Waals surface area (Å²) in [5.41, 5.74) is 2.23. The summed E-state index contributed by atoms with van der Waals surface area (Å²) in [6.45, 7) is -0.175. The number of thiazole rings is 1. The molecule has 0 radical (unpaired) electrons. The van der Waals surface area contributed by atoms with Gasteiger partial charge >= 0.3 is 4.87 Å². The van der Waals surface area contributed by atoms with Crippen molar-refractivity contribution in [2.24, 2.45) is 29.6 Å². The van der Waals surface area contributed by atoms with Crippen LogP contribution in [-0.2, 0) is 14.4 Å². The second kappa shape index (κ2) is 10.9. The van der Waals surface area contributed by atoms with Crippen molar-refractivity contribution in [1.82, 2.24) is 4.98 Å². The molecule has 228 valence electrons. The maximum atomic E-state index is 13.9. The van der Waals surface area contributed by atoms with Crippen LogP contribution in [0.2, 0.25) is 0 Å². The van der Waals surface area contributed by atoms with Gasteiger partial charge in [-0.05, 0) is 78.3 Å². The number of anilines is 2. The fraction of sp³-hybridized carbons (Fsp3) is 0.294. The summed E-state index contributed by atoms with van der Waals surface area (Å²) in [5, 5.41) is 3.77. The van der Waals surface area contributed by atoms with E-state index in [1.165, 1.54) is 16.2 Å². The molecular formula is C34H29N3O6S2. The zero-order valence-electron chi connectivity index (χ0n) is 24.2. The number of carbonyl (C=O) groups excluding carboxylic acids is 3. The van der Waals surface area contributed by atoms with Crippen molar-refractivity contribution in [3.8, 4) is 11.5 Å². The first kappa shape index (κ1) is 28.1. The molecule has 2 aliphatic heterocycles. The predicted octanol–water partition coefficient (Wildman–Crippen LogP) is 5.14. The average molecular weight is 640 g/mol. The van der Waals surface area contributed by atoms with Crippen molar-refractivity contribution in [1.29, 1.82) is 0 Å². The Balaban J connectivity index is 1.07. The van der Waals surface area contributed by atoms with Gasteiger partial charge in [-0.2, -0.15) is 0 Å². The number of para-hydroxylation sites is 1. The second-order valence-corrected chi connectivity index (χ2v) is 14.1. The first-order valence-electron chi connectivity index (χ1n) is 14.9. The molecule has 2 aliphatic carbocycles. The van der Waals surface area contributed by atoms with Crippen molar-refractivity contribution in [2.45, 2.75) is 22.6 Å². The number of nitrogens with one attached hydrogen (secondary N) is 2. The lowest BCUT2D eigenvalue weighted by Gasteiger charge is -2.43. The zero-order valence-corrected chi connectivity index (χ0v) is 25.8. The van der Waals surface area contributed by atoms with Gasteiger partial charge in [0.05, 0.1) is 29.7 Å². The van der Waals surface area contributed by atoms with Gasteiger partial charge in [-0.15, -0.1) is 11.8 Å². The van der Waals surface area contributed by atoms with Crippen LogP contribution in [0.25, 0.3) is 0 Å². The number of fused-ring (bicyclic) bond motifs is 9. The number of aromatic nitrogens is 1. The van der Waals surface area contributed by atoms with E-state index in [4.69, 9.17) is 9.47 Å². The number of ether oxygens (including phenoxy) is 2. The highest BCUT2D eigenvalue weighted by molar-refractivity contribution is 8.00. The van der Waals surface area contributed by atoms with Crippen LogP contribution in [-0.4, -0.2) is 41.7 Å². The molecular weight excluding hydrogens is 611 g/mol. The van der Waals surface area contributed by atoms with Crippen molar-refractivity contribution in [2.75, 3.05) is 23.9 Å². The van der Waals surface area contributed by atoms with Crippen LogP contribution in [0.3, 0.4) is 0 Å². The molecule has 0 spiro atoms. The van der Waals surface area contributed by atoms with E-state index in [9.17, 15) is 19.2 Å². The smallest absolute Gasteiger partial charge is 0.305 e. The fourth-order valence-electron chi connectivity index (χ4n) is 8.04. The Hall–Kier alpha value is -4.35. The molecule has 11 heteroatoms. The summed E-state index contributed by atoms with van der Waals surface area (Å²) < 4.78 is 11.1. The van der Waals surface area contributed by atoms with Crippen LogP contribution in [0.15, 0.2) is 88.7 Å². The molecule has 7 atom stereocenters. The average Bonchev–Trinajstić information content (AvgIpc) is 3.79. The molecule has 2 bridgehead atoms. The Morgan fingerprint density at radius 1 is 0.933 bits per heavy atom. The van der Waals surface area contributed by atoms with Crippen molar-refractivity contribution >= 4 is 52.2 Å². The van der Waals surface area contributed by atoms with Gasteiger partial charge in [0.25, 0.3) is 5.91 Å². The quantitative estimate of drug-likeness (QED) is 0.269. The van der Waals surface area contributed by atoms with E-state index in [1.54, 1.807) is 43.1 Å². The number of hydrogen-bond acceptors (Lipinski definition) is 8. The molecule has 2 N–H and O–H groups in total. The van der Waals surface area contributed by atoms with E-state index in [0.29, 0.717) is 22.9 Å². The van der Waals surface area contributed by atoms with Crippen LogP contribution < -0.4 is 24.6 Å². The van der Waals surface area contributed by atoms with Gasteiger partial charge in [0.2, 0.25) is 11.8 Å². The minimum atomic E-state index is -0.370. The van der Waals surface area contributed by atoms with E-state index in [-0.39, 0.29) is 70.0 Å². The highest BCUT2D eigenvalue weighted by atomic mass is 32.2. The molecule has 3 amide bonds. The minimum absolute atomic E-state index is 0.0119. The summed E-state index contributed by atoms with van der Waals surface area (Å²) in [5.74, 6) is -0.00358. The lowest BCUT2D eigenvalue weighted by Crippen LogP contribution is -2.42. The molecule has 4 aliphatic rings. The standard InChI is InChI=1S/C34H29N3O6S2/c1-42-20-12-10-18(11-13-20)35-24(38)16-43-21-9-5-6-17(14-21)25-26-22-15-23(29(26)44-31-30(25)45-34(41)36-31)28-27(22)32(39)37(33(28)40)19-7-3-2-4-8-19/h2-14,22-23,25-29H,15-16H2,1H3,(H,35,38)(H,36,41)/t22-,23-,25-,26?,27?,28?,29?/m1/s1. The van der Waals surface area contributed by atoms with Crippen molar-refractivity contribution in [3.63, 3.8) is 0 Å². The summed E-state index contributed by atoms with van der Waals surface area (Å²) in [6, 6.07) is 23.9. The summed E-state index contributed by atoms with van der Waals surface area (Å²) in [4.78, 5) is 58.2. The van der Waals surface area contributed by atoms with Crippen LogP contribution in [0.5, 0.6) is 11.5 Å². The number of methoxy groups -OCH3 is 1. The molecule has 9 nitrogen and oxygen atoms in total. The summed E-state index contributed by atoms with van der Waals surface area (Å²) >= 11 is 2.87. The largest absolute Gasteiger partial charge is 0.497 e. The number of carbonyl (C=O) groups is 3. The van der Waals surface area contributed by atoms with Gasteiger partial charge < -0.3 is 19.8 Å². The third kappa shape index (κ3) is 4.59. The van der Waals surface area contributed by atoms with Gasteiger partial charge in [-0.25, -0.2) is 0 Å². The zero-order chi connectivity index (χ0) is 30.8. The number of aromatic amines is 1. The van der Waals surface area contributed by atoms with E-state index < -0.39 is 0 Å². The molecule has 4 unspecified atom stereocenters. The number of imide groups is 1. The molecule has 3 heterocycles. The van der Waals surface area contributed by atoms with Crippen molar-refractivity contribution in [3.05, 3.63) is 99.0 Å². The third-order valence-corrected chi connectivity index (χ3v) is 12.3. The molecule has 2 saturated carbocycles. The highest BCUT2D eigenvalue weighted by Crippen LogP contribution is 2.68. The molecule has 1 aromatic heterocycles. The van der Waals surface area contributed by atoms with Gasteiger partial charge in [-0.3, -0.25) is 24.1 Å². The van der Waals surface area contributed by atoms with E-state index in [2.05, 4.69) is 10.3 Å². The highest BCUT2D eigenvalue weighted by Gasteiger charge is 2.69. The molecule has 3 aromatic carbocycles. The van der Waals surface area contributed by atoms with Gasteiger partial charge in [0, 0.05) is 21.7 Å².